The predicted octanol–water partition coefficient (Wildman–Crippen LogP) is 4.03. The molecule has 0 spiro atoms. The molecular weight excluding hydrogens is 250 g/mol. The van der Waals surface area contributed by atoms with Gasteiger partial charge in [0.05, 0.1) is 13.2 Å². The second-order valence-corrected chi connectivity index (χ2v) is 6.60. The normalized spacial score (nSPS) is 29.7. The molecule has 2 aliphatic heterocycles. The Morgan fingerprint density at radius 1 is 0.850 bits per heavy atom. The van der Waals surface area contributed by atoms with Gasteiger partial charge in [-0.2, -0.15) is 0 Å². The van der Waals surface area contributed by atoms with E-state index in [1.54, 1.807) is 0 Å². The van der Waals surface area contributed by atoms with Crippen LogP contribution in [0.2, 0.25) is 0 Å². The molecule has 0 aliphatic carbocycles. The standard InChI is InChI=1S/C17H33NO2/c1-3-5-6-8-15-9-11-18(12-10-15)17-19-13-16(7-4-2)14-20-17/h15-17H,3-14H2,1-2H3. The lowest BCUT2D eigenvalue weighted by Gasteiger charge is -2.40. The lowest BCUT2D eigenvalue weighted by Crippen LogP contribution is -2.48. The van der Waals surface area contributed by atoms with Crippen molar-refractivity contribution in [3.05, 3.63) is 0 Å². The van der Waals surface area contributed by atoms with Gasteiger partial charge in [-0.1, -0.05) is 46.0 Å². The first-order valence-corrected chi connectivity index (χ1v) is 8.80. The number of unbranched alkanes of at least 4 members (excludes halogenated alkanes) is 2. The van der Waals surface area contributed by atoms with Crippen molar-refractivity contribution < 1.29 is 9.47 Å². The molecule has 2 fully saturated rings. The Morgan fingerprint density at radius 2 is 1.55 bits per heavy atom. The van der Waals surface area contributed by atoms with Crippen molar-refractivity contribution in [2.45, 2.75) is 71.6 Å². The number of hydrogen-bond acceptors (Lipinski definition) is 3. The molecule has 20 heavy (non-hydrogen) atoms. The van der Waals surface area contributed by atoms with E-state index in [-0.39, 0.29) is 6.41 Å². The first-order valence-electron chi connectivity index (χ1n) is 8.80. The minimum absolute atomic E-state index is 0.0558. The Kier molecular flexibility index (Phi) is 7.32. The SMILES string of the molecule is CCCCCC1CCN(C2OCC(CCC)CO2)CC1. The molecule has 0 atom stereocenters. The maximum Gasteiger partial charge on any atom is 0.218 e. The van der Waals surface area contributed by atoms with Crippen molar-refractivity contribution in [2.24, 2.45) is 11.8 Å². The number of piperidine rings is 1. The van der Waals surface area contributed by atoms with E-state index >= 15 is 0 Å². The fourth-order valence-electron chi connectivity index (χ4n) is 3.45. The van der Waals surface area contributed by atoms with Crippen molar-refractivity contribution in [2.75, 3.05) is 26.3 Å². The molecule has 2 rings (SSSR count). The zero-order valence-electron chi connectivity index (χ0n) is 13.5. The maximum absolute atomic E-state index is 5.92. The van der Waals surface area contributed by atoms with Gasteiger partial charge >= 0.3 is 0 Å². The van der Waals surface area contributed by atoms with Gasteiger partial charge in [-0.05, 0) is 25.2 Å². The van der Waals surface area contributed by atoms with E-state index in [1.807, 2.05) is 0 Å². The van der Waals surface area contributed by atoms with Crippen LogP contribution in [0.4, 0.5) is 0 Å². The van der Waals surface area contributed by atoms with Crippen molar-refractivity contribution >= 4 is 0 Å². The van der Waals surface area contributed by atoms with Gasteiger partial charge in [0.2, 0.25) is 6.41 Å². The van der Waals surface area contributed by atoms with Gasteiger partial charge in [0.1, 0.15) is 0 Å². The van der Waals surface area contributed by atoms with Crippen molar-refractivity contribution in [3.8, 4) is 0 Å². The smallest absolute Gasteiger partial charge is 0.218 e. The second kappa shape index (κ2) is 9.01. The highest BCUT2D eigenvalue weighted by Crippen LogP contribution is 2.26. The molecule has 0 aromatic rings. The van der Waals surface area contributed by atoms with E-state index < -0.39 is 0 Å². The maximum atomic E-state index is 5.92. The molecule has 0 radical (unpaired) electrons. The lowest BCUT2D eigenvalue weighted by molar-refractivity contribution is -0.271. The number of hydrogen-bond donors (Lipinski definition) is 0. The van der Waals surface area contributed by atoms with Crippen LogP contribution in [0.5, 0.6) is 0 Å². The number of likely N-dealkylation sites (tertiary alicyclic amines) is 1. The van der Waals surface area contributed by atoms with Crippen molar-refractivity contribution in [1.29, 1.82) is 0 Å². The molecule has 3 nitrogen and oxygen atoms in total. The molecular formula is C17H33NO2. The summed E-state index contributed by atoms with van der Waals surface area (Å²) in [6, 6.07) is 0. The van der Waals surface area contributed by atoms with Crippen LogP contribution in [-0.2, 0) is 9.47 Å². The van der Waals surface area contributed by atoms with Crippen LogP contribution in [-0.4, -0.2) is 37.6 Å². The van der Waals surface area contributed by atoms with Crippen LogP contribution in [0.25, 0.3) is 0 Å². The Hall–Kier alpha value is -0.120. The van der Waals surface area contributed by atoms with E-state index in [9.17, 15) is 0 Å². The molecule has 0 N–H and O–H groups in total. The van der Waals surface area contributed by atoms with Crippen molar-refractivity contribution in [1.82, 2.24) is 4.90 Å². The van der Waals surface area contributed by atoms with Gasteiger partial charge in [-0.25, -0.2) is 0 Å². The minimum atomic E-state index is -0.0558. The van der Waals surface area contributed by atoms with Crippen LogP contribution in [0.15, 0.2) is 0 Å². The highest BCUT2D eigenvalue weighted by atomic mass is 16.7. The molecule has 0 aromatic carbocycles. The average Bonchev–Trinajstić information content (AvgIpc) is 2.49. The number of rotatable bonds is 7. The first kappa shape index (κ1) is 16.3. The average molecular weight is 283 g/mol. The Balaban J connectivity index is 1.62. The van der Waals surface area contributed by atoms with Crippen LogP contribution >= 0.6 is 0 Å². The summed E-state index contributed by atoms with van der Waals surface area (Å²) in [4.78, 5) is 2.40. The second-order valence-electron chi connectivity index (χ2n) is 6.60. The third-order valence-corrected chi connectivity index (χ3v) is 4.81. The Bertz CT molecular complexity index is 243. The molecule has 0 bridgehead atoms. The topological polar surface area (TPSA) is 21.7 Å². The molecule has 0 saturated carbocycles. The molecule has 3 heteroatoms. The van der Waals surface area contributed by atoms with E-state index in [0.717, 1.165) is 32.2 Å². The first-order chi connectivity index (χ1) is 9.83. The molecule has 0 aromatic heterocycles. The van der Waals surface area contributed by atoms with Gasteiger partial charge in [-0.3, -0.25) is 4.90 Å². The van der Waals surface area contributed by atoms with Crippen LogP contribution in [0, 0.1) is 11.8 Å². The largest absolute Gasteiger partial charge is 0.339 e. The van der Waals surface area contributed by atoms with Gasteiger partial charge in [0, 0.05) is 19.0 Å². The summed E-state index contributed by atoms with van der Waals surface area (Å²) in [7, 11) is 0. The number of nitrogens with zero attached hydrogens (tertiary/aromatic N) is 1. The van der Waals surface area contributed by atoms with Crippen LogP contribution in [0.3, 0.4) is 0 Å². The quantitative estimate of drug-likeness (QED) is 0.659. The molecule has 0 amide bonds. The summed E-state index contributed by atoms with van der Waals surface area (Å²) in [5.74, 6) is 1.55. The van der Waals surface area contributed by atoms with Crippen LogP contribution in [0.1, 0.15) is 65.2 Å². The zero-order valence-corrected chi connectivity index (χ0v) is 13.5. The molecule has 2 heterocycles. The summed E-state index contributed by atoms with van der Waals surface area (Å²) in [5, 5.41) is 0. The predicted molar refractivity (Wildman–Crippen MR) is 82.5 cm³/mol. The summed E-state index contributed by atoms with van der Waals surface area (Å²) >= 11 is 0. The van der Waals surface area contributed by atoms with Gasteiger partial charge in [-0.15, -0.1) is 0 Å². The molecule has 2 saturated heterocycles. The van der Waals surface area contributed by atoms with Crippen molar-refractivity contribution in [3.63, 3.8) is 0 Å². The highest BCUT2D eigenvalue weighted by Gasteiger charge is 2.29. The summed E-state index contributed by atoms with van der Waals surface area (Å²) < 4.78 is 11.8. The number of ether oxygens (including phenoxy) is 2. The minimum Gasteiger partial charge on any atom is -0.339 e. The summed E-state index contributed by atoms with van der Waals surface area (Å²) in [5.41, 5.74) is 0. The monoisotopic (exact) mass is 283 g/mol. The molecule has 2 aliphatic rings. The third kappa shape index (κ3) is 5.01. The third-order valence-electron chi connectivity index (χ3n) is 4.81. The van der Waals surface area contributed by atoms with Gasteiger partial charge < -0.3 is 9.47 Å². The summed E-state index contributed by atoms with van der Waals surface area (Å²) in [6.45, 7) is 8.59. The van der Waals surface area contributed by atoms with Crippen LogP contribution < -0.4 is 0 Å². The Labute approximate surface area is 125 Å². The van der Waals surface area contributed by atoms with E-state index in [0.29, 0.717) is 5.92 Å². The van der Waals surface area contributed by atoms with E-state index in [1.165, 1.54) is 51.4 Å². The molecule has 0 unspecified atom stereocenters. The highest BCUT2D eigenvalue weighted by molar-refractivity contribution is 4.74. The van der Waals surface area contributed by atoms with Gasteiger partial charge in [0.25, 0.3) is 0 Å². The lowest BCUT2D eigenvalue weighted by atomic mass is 9.91. The van der Waals surface area contributed by atoms with Gasteiger partial charge in [0.15, 0.2) is 0 Å². The van der Waals surface area contributed by atoms with E-state index in [4.69, 9.17) is 9.47 Å². The van der Waals surface area contributed by atoms with E-state index in [2.05, 4.69) is 18.7 Å². The Morgan fingerprint density at radius 3 is 2.15 bits per heavy atom. The summed E-state index contributed by atoms with van der Waals surface area (Å²) in [6.07, 6.45) is 10.6. The zero-order chi connectivity index (χ0) is 14.2. The molecule has 118 valence electrons. The fourth-order valence-corrected chi connectivity index (χ4v) is 3.45. The fraction of sp³-hybridized carbons (Fsp3) is 1.00.